The number of carbonyl (C=O) groups excluding carboxylic acids is 2. The van der Waals surface area contributed by atoms with Crippen LogP contribution < -0.4 is 10.6 Å². The van der Waals surface area contributed by atoms with Crippen LogP contribution >= 0.6 is 0 Å². The smallest absolute Gasteiger partial charge is 0.267 e. The maximum atomic E-state index is 12.3. The number of carbonyl (C=O) groups is 2. The molecule has 0 spiro atoms. The maximum absolute atomic E-state index is 12.3. The standard InChI is InChI=1S/C18H22N4O2/c1-13-4-3-9-22(11-13)12-15(10-19)18(24)21-17-7-5-16(6-8-17)20-14(2)23/h5-8,12-13H,3-4,9,11H2,1-2H3,(H,20,23)(H,21,24)/b15-12-. The molecule has 0 aromatic heterocycles. The van der Waals surface area contributed by atoms with Crippen LogP contribution in [-0.4, -0.2) is 29.8 Å². The summed E-state index contributed by atoms with van der Waals surface area (Å²) in [6.45, 7) is 5.34. The second kappa shape index (κ2) is 8.16. The number of hydrogen-bond donors (Lipinski definition) is 2. The molecular formula is C18H22N4O2. The highest BCUT2D eigenvalue weighted by atomic mass is 16.2. The minimum Gasteiger partial charge on any atom is -0.376 e. The quantitative estimate of drug-likeness (QED) is 0.658. The molecule has 1 unspecified atom stereocenters. The fraction of sp³-hybridized carbons (Fsp3) is 0.389. The van der Waals surface area contributed by atoms with Gasteiger partial charge < -0.3 is 15.5 Å². The van der Waals surface area contributed by atoms with Crippen LogP contribution in [0.3, 0.4) is 0 Å². The Balaban J connectivity index is 2.01. The summed E-state index contributed by atoms with van der Waals surface area (Å²) in [7, 11) is 0. The van der Waals surface area contributed by atoms with Gasteiger partial charge in [-0.05, 0) is 43.0 Å². The number of nitrogens with zero attached hydrogens (tertiary/aromatic N) is 2. The second-order valence-corrected chi connectivity index (χ2v) is 6.11. The van der Waals surface area contributed by atoms with Crippen LogP contribution in [0.5, 0.6) is 0 Å². The highest BCUT2D eigenvalue weighted by Gasteiger charge is 2.17. The number of hydrogen-bond acceptors (Lipinski definition) is 4. The van der Waals surface area contributed by atoms with Gasteiger partial charge in [-0.25, -0.2) is 0 Å². The van der Waals surface area contributed by atoms with E-state index >= 15 is 0 Å². The number of benzene rings is 1. The summed E-state index contributed by atoms with van der Waals surface area (Å²) in [5, 5.41) is 14.6. The Kier molecular flexibility index (Phi) is 5.96. The van der Waals surface area contributed by atoms with Crippen LogP contribution in [0.1, 0.15) is 26.7 Å². The summed E-state index contributed by atoms with van der Waals surface area (Å²) in [4.78, 5) is 25.3. The van der Waals surface area contributed by atoms with Gasteiger partial charge in [0.2, 0.25) is 5.91 Å². The van der Waals surface area contributed by atoms with Crippen LogP contribution in [0.4, 0.5) is 11.4 Å². The number of likely N-dealkylation sites (tertiary alicyclic amines) is 1. The molecule has 0 radical (unpaired) electrons. The van der Waals surface area contributed by atoms with E-state index in [0.717, 1.165) is 19.5 Å². The molecule has 1 heterocycles. The first-order valence-electron chi connectivity index (χ1n) is 8.03. The van der Waals surface area contributed by atoms with Crippen LogP contribution in [0.2, 0.25) is 0 Å². The van der Waals surface area contributed by atoms with E-state index < -0.39 is 5.91 Å². The molecule has 24 heavy (non-hydrogen) atoms. The Morgan fingerprint density at radius 3 is 2.42 bits per heavy atom. The topological polar surface area (TPSA) is 85.2 Å². The van der Waals surface area contributed by atoms with Crippen molar-refractivity contribution in [2.45, 2.75) is 26.7 Å². The Morgan fingerprint density at radius 2 is 1.88 bits per heavy atom. The minimum absolute atomic E-state index is 0.0926. The van der Waals surface area contributed by atoms with Crippen molar-refractivity contribution in [2.24, 2.45) is 5.92 Å². The third-order valence-electron chi connectivity index (χ3n) is 3.83. The molecule has 2 amide bonds. The summed E-state index contributed by atoms with van der Waals surface area (Å²) < 4.78 is 0. The zero-order valence-electron chi connectivity index (χ0n) is 14.0. The van der Waals surface area contributed by atoms with E-state index in [1.807, 2.05) is 11.0 Å². The van der Waals surface area contributed by atoms with Crippen LogP contribution in [-0.2, 0) is 9.59 Å². The Labute approximate surface area is 142 Å². The van der Waals surface area contributed by atoms with Gasteiger partial charge in [0.05, 0.1) is 0 Å². The molecule has 0 aliphatic carbocycles. The summed E-state index contributed by atoms with van der Waals surface area (Å²) >= 11 is 0. The molecule has 0 saturated carbocycles. The van der Waals surface area contributed by atoms with E-state index in [1.54, 1.807) is 30.5 Å². The van der Waals surface area contributed by atoms with Gasteiger partial charge in [-0.2, -0.15) is 5.26 Å². The molecule has 1 aromatic carbocycles. The first-order valence-corrected chi connectivity index (χ1v) is 8.03. The van der Waals surface area contributed by atoms with Crippen LogP contribution in [0, 0.1) is 17.2 Å². The van der Waals surface area contributed by atoms with E-state index in [4.69, 9.17) is 0 Å². The number of nitriles is 1. The minimum atomic E-state index is -0.428. The number of nitrogens with one attached hydrogen (secondary N) is 2. The molecule has 1 fully saturated rings. The summed E-state index contributed by atoms with van der Waals surface area (Å²) in [5.74, 6) is -0.0143. The van der Waals surface area contributed by atoms with E-state index in [0.29, 0.717) is 17.3 Å². The van der Waals surface area contributed by atoms with Gasteiger partial charge in [0, 0.05) is 37.6 Å². The number of piperidine rings is 1. The summed E-state index contributed by atoms with van der Waals surface area (Å²) in [5.41, 5.74) is 1.32. The SMILES string of the molecule is CC(=O)Nc1ccc(NC(=O)/C(C#N)=C\N2CCCC(C)C2)cc1. The average Bonchev–Trinajstić information content (AvgIpc) is 2.54. The monoisotopic (exact) mass is 326 g/mol. The van der Waals surface area contributed by atoms with Crippen LogP contribution in [0.25, 0.3) is 0 Å². The van der Waals surface area contributed by atoms with Crippen molar-refractivity contribution in [1.29, 1.82) is 5.26 Å². The lowest BCUT2D eigenvalue weighted by molar-refractivity contribution is -0.114. The lowest BCUT2D eigenvalue weighted by Crippen LogP contribution is -2.31. The van der Waals surface area contributed by atoms with Gasteiger partial charge in [0.15, 0.2) is 0 Å². The molecule has 1 aromatic rings. The first kappa shape index (κ1) is 17.5. The molecule has 0 bridgehead atoms. The van der Waals surface area contributed by atoms with E-state index in [2.05, 4.69) is 17.6 Å². The van der Waals surface area contributed by atoms with E-state index in [-0.39, 0.29) is 11.5 Å². The molecular weight excluding hydrogens is 304 g/mol. The molecule has 1 aliphatic rings. The normalized spacial score (nSPS) is 17.8. The molecule has 2 N–H and O–H groups in total. The molecule has 6 heteroatoms. The van der Waals surface area contributed by atoms with Crippen molar-refractivity contribution in [1.82, 2.24) is 4.90 Å². The Hall–Kier alpha value is -2.81. The number of rotatable bonds is 4. The zero-order valence-corrected chi connectivity index (χ0v) is 14.0. The fourth-order valence-corrected chi connectivity index (χ4v) is 2.70. The summed E-state index contributed by atoms with van der Waals surface area (Å²) in [6.07, 6.45) is 3.90. The highest BCUT2D eigenvalue weighted by Crippen LogP contribution is 2.18. The maximum Gasteiger partial charge on any atom is 0.267 e. The third-order valence-corrected chi connectivity index (χ3v) is 3.83. The van der Waals surface area contributed by atoms with Crippen molar-refractivity contribution in [3.8, 4) is 6.07 Å². The molecule has 2 rings (SSSR count). The third kappa shape index (κ3) is 5.13. The fourth-order valence-electron chi connectivity index (χ4n) is 2.70. The van der Waals surface area contributed by atoms with Gasteiger partial charge in [-0.15, -0.1) is 0 Å². The lowest BCUT2D eigenvalue weighted by Gasteiger charge is -2.29. The van der Waals surface area contributed by atoms with Crippen molar-refractivity contribution in [2.75, 3.05) is 23.7 Å². The summed E-state index contributed by atoms with van der Waals surface area (Å²) in [6, 6.07) is 8.72. The van der Waals surface area contributed by atoms with Gasteiger partial charge in [0.25, 0.3) is 5.91 Å². The average molecular weight is 326 g/mol. The Bertz CT molecular complexity index is 673. The lowest BCUT2D eigenvalue weighted by atomic mass is 10.0. The number of amides is 2. The molecule has 6 nitrogen and oxygen atoms in total. The van der Waals surface area contributed by atoms with Gasteiger partial charge in [0.1, 0.15) is 11.6 Å². The largest absolute Gasteiger partial charge is 0.376 e. The predicted octanol–water partition coefficient (Wildman–Crippen LogP) is 2.72. The van der Waals surface area contributed by atoms with Crippen molar-refractivity contribution in [3.63, 3.8) is 0 Å². The molecule has 126 valence electrons. The first-order chi connectivity index (χ1) is 11.5. The van der Waals surface area contributed by atoms with Crippen molar-refractivity contribution in [3.05, 3.63) is 36.0 Å². The van der Waals surface area contributed by atoms with Crippen molar-refractivity contribution >= 4 is 23.2 Å². The van der Waals surface area contributed by atoms with Gasteiger partial charge in [-0.1, -0.05) is 6.92 Å². The van der Waals surface area contributed by atoms with E-state index in [9.17, 15) is 14.9 Å². The Morgan fingerprint density at radius 1 is 1.25 bits per heavy atom. The van der Waals surface area contributed by atoms with Gasteiger partial charge >= 0.3 is 0 Å². The molecule has 1 saturated heterocycles. The zero-order chi connectivity index (χ0) is 17.5. The molecule has 1 atom stereocenters. The van der Waals surface area contributed by atoms with Crippen LogP contribution in [0.15, 0.2) is 36.0 Å². The molecule has 1 aliphatic heterocycles. The number of anilines is 2. The second-order valence-electron chi connectivity index (χ2n) is 6.11. The van der Waals surface area contributed by atoms with Crippen molar-refractivity contribution < 1.29 is 9.59 Å². The van der Waals surface area contributed by atoms with Gasteiger partial charge in [-0.3, -0.25) is 9.59 Å². The van der Waals surface area contributed by atoms with E-state index in [1.165, 1.54) is 13.3 Å². The highest BCUT2D eigenvalue weighted by molar-refractivity contribution is 6.06. The predicted molar refractivity (Wildman–Crippen MR) is 93.0 cm³/mol.